The number of primary sulfonamides is 1. The summed E-state index contributed by atoms with van der Waals surface area (Å²) in [4.78, 5) is 3.84. The molecule has 2 N–H and O–H groups in total. The molecule has 1 aromatic rings. The number of pyridine rings is 1. The molecule has 0 amide bonds. The van der Waals surface area contributed by atoms with Crippen molar-refractivity contribution in [3.05, 3.63) is 28.1 Å². The lowest BCUT2D eigenvalue weighted by Crippen LogP contribution is -2.15. The van der Waals surface area contributed by atoms with Gasteiger partial charge in [0.25, 0.3) is 0 Å². The molecule has 0 radical (unpaired) electrons. The predicted molar refractivity (Wildman–Crippen MR) is 69.8 cm³/mol. The number of hydrogen-bond acceptors (Lipinski definition) is 3. The average molecular weight is 342 g/mol. The molecule has 15 heavy (non-hydrogen) atoms. The zero-order valence-electron chi connectivity index (χ0n) is 8.56. The summed E-state index contributed by atoms with van der Waals surface area (Å²) in [5.41, 5.74) is 0. The summed E-state index contributed by atoms with van der Waals surface area (Å²) in [7, 11) is -3.19. The first-order valence-corrected chi connectivity index (χ1v) is 7.31. The van der Waals surface area contributed by atoms with E-state index in [0.29, 0.717) is 6.42 Å². The molecule has 1 rings (SSSR count). The first-order chi connectivity index (χ1) is 6.95. The molecule has 1 aromatic heterocycles. The van der Waals surface area contributed by atoms with E-state index in [-0.39, 0.29) is 5.75 Å². The summed E-state index contributed by atoms with van der Waals surface area (Å²) in [6.45, 7) is 1.92. The molecule has 0 fully saturated rings. The normalized spacial score (nSPS) is 10.3. The second-order valence-corrected chi connectivity index (χ2v) is 5.87. The van der Waals surface area contributed by atoms with Crippen LogP contribution in [0.15, 0.2) is 24.5 Å². The van der Waals surface area contributed by atoms with Crippen LogP contribution in [0, 0.1) is 3.57 Å². The zero-order valence-corrected chi connectivity index (χ0v) is 11.5. The maximum atomic E-state index is 10.2. The quantitative estimate of drug-likeness (QED) is 0.851. The lowest BCUT2D eigenvalue weighted by Gasteiger charge is -1.91. The van der Waals surface area contributed by atoms with E-state index in [0.717, 1.165) is 6.42 Å². The third-order valence-corrected chi connectivity index (χ3v) is 3.00. The first-order valence-electron chi connectivity index (χ1n) is 4.51. The van der Waals surface area contributed by atoms with E-state index >= 15 is 0 Å². The Hall–Kier alpha value is -0.210. The van der Waals surface area contributed by atoms with E-state index in [2.05, 4.69) is 27.6 Å². The van der Waals surface area contributed by atoms with E-state index in [1.807, 2.05) is 19.1 Å². The van der Waals surface area contributed by atoms with Gasteiger partial charge in [0.1, 0.15) is 0 Å². The number of halogens is 1. The van der Waals surface area contributed by atoms with E-state index < -0.39 is 10.0 Å². The average Bonchev–Trinajstić information content (AvgIpc) is 2.16. The number of rotatable bonds is 3. The van der Waals surface area contributed by atoms with Gasteiger partial charge in [-0.15, -0.1) is 0 Å². The van der Waals surface area contributed by atoms with Crippen LogP contribution in [0.4, 0.5) is 0 Å². The van der Waals surface area contributed by atoms with Gasteiger partial charge in [-0.1, -0.05) is 13.3 Å². The summed E-state index contributed by atoms with van der Waals surface area (Å²) in [5.74, 6) is 0.115. The van der Waals surface area contributed by atoms with Crippen molar-refractivity contribution >= 4 is 32.6 Å². The smallest absolute Gasteiger partial charge is 0.209 e. The van der Waals surface area contributed by atoms with Gasteiger partial charge in [0.2, 0.25) is 10.0 Å². The highest BCUT2D eigenvalue weighted by atomic mass is 127. The number of nitrogens with zero attached hydrogens (tertiary/aromatic N) is 1. The minimum absolute atomic E-state index is 0.115. The van der Waals surface area contributed by atoms with E-state index in [4.69, 9.17) is 5.14 Å². The summed E-state index contributed by atoms with van der Waals surface area (Å²) in [6, 6.07) is 3.92. The summed E-state index contributed by atoms with van der Waals surface area (Å²) < 4.78 is 21.6. The minimum atomic E-state index is -3.19. The van der Waals surface area contributed by atoms with Crippen molar-refractivity contribution in [3.8, 4) is 0 Å². The summed E-state index contributed by atoms with van der Waals surface area (Å²) >= 11 is 2.24. The molecular formula is C9H15IN2O2S. The Kier molecular flexibility index (Phi) is 7.89. The Balaban J connectivity index is 0.000000262. The molecule has 0 aliphatic rings. The van der Waals surface area contributed by atoms with Gasteiger partial charge < -0.3 is 0 Å². The highest BCUT2D eigenvalue weighted by molar-refractivity contribution is 14.1. The lowest BCUT2D eigenvalue weighted by atomic mass is 10.4. The van der Waals surface area contributed by atoms with Gasteiger partial charge in [-0.3, -0.25) is 4.98 Å². The fourth-order valence-corrected chi connectivity index (χ4v) is 1.69. The van der Waals surface area contributed by atoms with E-state index in [1.165, 1.54) is 3.57 Å². The van der Waals surface area contributed by atoms with Crippen LogP contribution in [0.5, 0.6) is 0 Å². The highest BCUT2D eigenvalue weighted by Crippen LogP contribution is 1.97. The van der Waals surface area contributed by atoms with Crippen LogP contribution in [0.3, 0.4) is 0 Å². The molecule has 4 nitrogen and oxygen atoms in total. The van der Waals surface area contributed by atoms with Gasteiger partial charge in [-0.05, 0) is 41.1 Å². The Labute approximate surface area is 104 Å². The molecule has 0 spiro atoms. The fourth-order valence-electron chi connectivity index (χ4n) is 0.679. The van der Waals surface area contributed by atoms with Crippen LogP contribution >= 0.6 is 22.6 Å². The van der Waals surface area contributed by atoms with E-state index in [9.17, 15) is 8.42 Å². The molecule has 86 valence electrons. The van der Waals surface area contributed by atoms with Gasteiger partial charge in [-0.2, -0.15) is 0 Å². The molecule has 0 aliphatic heterocycles. The standard InChI is InChI=1S/C5H4IN.C4H11NO2S/c6-5-1-3-7-4-2-5;1-2-3-4-8(5,6)7/h1-4H;2-4H2,1H3,(H2,5,6,7). The molecule has 0 atom stereocenters. The number of sulfonamides is 1. The molecule has 0 bridgehead atoms. The molecule has 0 unspecified atom stereocenters. The highest BCUT2D eigenvalue weighted by Gasteiger charge is 1.98. The molecule has 0 saturated carbocycles. The van der Waals surface area contributed by atoms with E-state index in [1.54, 1.807) is 12.4 Å². The van der Waals surface area contributed by atoms with Crippen molar-refractivity contribution in [2.75, 3.05) is 5.75 Å². The van der Waals surface area contributed by atoms with Crippen LogP contribution in [0.1, 0.15) is 19.8 Å². The first kappa shape index (κ1) is 14.8. The second kappa shape index (κ2) is 8.00. The molecule has 1 heterocycles. The Morgan fingerprint density at radius 3 is 2.13 bits per heavy atom. The molecule has 0 aliphatic carbocycles. The van der Waals surface area contributed by atoms with Gasteiger partial charge in [0.15, 0.2) is 0 Å². The Morgan fingerprint density at radius 2 is 1.93 bits per heavy atom. The Morgan fingerprint density at radius 1 is 1.40 bits per heavy atom. The van der Waals surface area contributed by atoms with Crippen molar-refractivity contribution < 1.29 is 8.42 Å². The SMILES string of the molecule is CCCCS(N)(=O)=O.Ic1ccncc1. The summed E-state index contributed by atoms with van der Waals surface area (Å²) in [6.07, 6.45) is 5.10. The van der Waals surface area contributed by atoms with Gasteiger partial charge in [0, 0.05) is 16.0 Å². The zero-order chi connectivity index (χ0) is 11.7. The van der Waals surface area contributed by atoms with Crippen LogP contribution in [0.25, 0.3) is 0 Å². The van der Waals surface area contributed by atoms with Crippen LogP contribution in [0.2, 0.25) is 0 Å². The maximum Gasteiger partial charge on any atom is 0.209 e. The van der Waals surface area contributed by atoms with Gasteiger partial charge in [0.05, 0.1) is 5.75 Å². The maximum absolute atomic E-state index is 10.2. The predicted octanol–water partition coefficient (Wildman–Crippen LogP) is 1.76. The third kappa shape index (κ3) is 11.7. The monoisotopic (exact) mass is 342 g/mol. The minimum Gasteiger partial charge on any atom is -0.265 e. The van der Waals surface area contributed by atoms with Crippen LogP contribution < -0.4 is 5.14 Å². The largest absolute Gasteiger partial charge is 0.265 e. The molecule has 0 saturated heterocycles. The summed E-state index contributed by atoms with van der Waals surface area (Å²) in [5, 5.41) is 4.69. The van der Waals surface area contributed by atoms with Crippen molar-refractivity contribution in [2.45, 2.75) is 19.8 Å². The Bertz CT molecular complexity index is 354. The molecular weight excluding hydrogens is 327 g/mol. The lowest BCUT2D eigenvalue weighted by molar-refractivity contribution is 0.594. The number of nitrogens with two attached hydrogens (primary N) is 1. The fraction of sp³-hybridized carbons (Fsp3) is 0.444. The van der Waals surface area contributed by atoms with Crippen LogP contribution in [-0.2, 0) is 10.0 Å². The second-order valence-electron chi connectivity index (χ2n) is 2.89. The van der Waals surface area contributed by atoms with Gasteiger partial charge >= 0.3 is 0 Å². The molecule has 0 aromatic carbocycles. The van der Waals surface area contributed by atoms with Crippen molar-refractivity contribution in [1.82, 2.24) is 4.98 Å². The third-order valence-electron chi connectivity index (χ3n) is 1.42. The van der Waals surface area contributed by atoms with Crippen molar-refractivity contribution in [1.29, 1.82) is 0 Å². The number of aromatic nitrogens is 1. The van der Waals surface area contributed by atoms with Crippen molar-refractivity contribution in [3.63, 3.8) is 0 Å². The van der Waals surface area contributed by atoms with Gasteiger partial charge in [-0.25, -0.2) is 13.6 Å². The molecule has 6 heteroatoms. The topological polar surface area (TPSA) is 73.1 Å². The number of unbranched alkanes of at least 4 members (excludes halogenated alkanes) is 1. The van der Waals surface area contributed by atoms with Crippen LogP contribution in [-0.4, -0.2) is 19.2 Å². The number of hydrogen-bond donors (Lipinski definition) is 1. The van der Waals surface area contributed by atoms with Crippen molar-refractivity contribution in [2.24, 2.45) is 5.14 Å².